The smallest absolute Gasteiger partial charge is 0.361 e. The average Bonchev–Trinajstić information content (AvgIpc) is 3.37. The second kappa shape index (κ2) is 12.0. The van der Waals surface area contributed by atoms with Crippen LogP contribution in [0.5, 0.6) is 0 Å². The van der Waals surface area contributed by atoms with Crippen LogP contribution in [-0.4, -0.2) is 28.8 Å². The Hall–Kier alpha value is -5.06. The molecule has 5 aromatic rings. The number of carbonyl (C=O) groups excluding carboxylic acids is 2. The first-order chi connectivity index (χ1) is 20.5. The summed E-state index contributed by atoms with van der Waals surface area (Å²) < 4.78 is 67.6. The van der Waals surface area contributed by atoms with Crippen molar-refractivity contribution in [3.63, 3.8) is 0 Å². The lowest BCUT2D eigenvalue weighted by Gasteiger charge is -2.22. The molecule has 0 unspecified atom stereocenters. The first-order valence-corrected chi connectivity index (χ1v) is 13.2. The number of amides is 2. The van der Waals surface area contributed by atoms with E-state index in [9.17, 15) is 31.5 Å². The van der Waals surface area contributed by atoms with Gasteiger partial charge < -0.3 is 15.6 Å². The number of carbonyl (C=O) groups is 2. The van der Waals surface area contributed by atoms with Crippen LogP contribution in [0.4, 0.5) is 22.0 Å². The summed E-state index contributed by atoms with van der Waals surface area (Å²) in [6.07, 6.45) is -1.74. The highest BCUT2D eigenvalue weighted by molar-refractivity contribution is 5.95. The van der Waals surface area contributed by atoms with E-state index < -0.39 is 35.3 Å². The number of alkyl halides is 3. The number of hydrogen-bond acceptors (Lipinski definition) is 3. The summed E-state index contributed by atoms with van der Waals surface area (Å²) in [6.45, 7) is 0. The molecule has 0 bridgehead atoms. The van der Waals surface area contributed by atoms with Crippen molar-refractivity contribution in [1.29, 1.82) is 0 Å². The molecule has 3 N–H and O–H groups in total. The van der Waals surface area contributed by atoms with Crippen LogP contribution in [0.1, 0.15) is 38.8 Å². The minimum Gasteiger partial charge on any atom is -0.361 e. The number of fused-ring (bicyclic) bond motifs is 1. The van der Waals surface area contributed by atoms with Gasteiger partial charge in [-0.15, -0.1) is 0 Å². The maximum absolute atomic E-state index is 14.1. The van der Waals surface area contributed by atoms with Crippen molar-refractivity contribution in [2.24, 2.45) is 0 Å². The largest absolute Gasteiger partial charge is 0.416 e. The SMILES string of the molecule is CNC(=O)c1cccc(-c2cccnc2[C@H](Cc2cc(F)cc(F)c2)NC(=O)Cc2c[nH]c3cc(C(F)(F)F)ccc23)c1. The molecule has 0 fully saturated rings. The zero-order valence-electron chi connectivity index (χ0n) is 22.7. The highest BCUT2D eigenvalue weighted by atomic mass is 19.4. The Bertz CT molecular complexity index is 1800. The highest BCUT2D eigenvalue weighted by Crippen LogP contribution is 2.33. The Balaban J connectivity index is 1.49. The van der Waals surface area contributed by atoms with Crippen molar-refractivity contribution >= 4 is 22.7 Å². The van der Waals surface area contributed by atoms with Crippen LogP contribution >= 0.6 is 0 Å². The van der Waals surface area contributed by atoms with Crippen molar-refractivity contribution in [3.8, 4) is 11.1 Å². The third kappa shape index (κ3) is 6.72. The van der Waals surface area contributed by atoms with Gasteiger partial charge in [0.25, 0.3) is 5.91 Å². The van der Waals surface area contributed by atoms with E-state index in [0.717, 1.165) is 30.3 Å². The van der Waals surface area contributed by atoms with Crippen LogP contribution < -0.4 is 10.6 Å². The lowest BCUT2D eigenvalue weighted by Crippen LogP contribution is -2.32. The molecule has 0 saturated carbocycles. The number of nitrogens with zero attached hydrogens (tertiary/aromatic N) is 1. The molecule has 2 aromatic heterocycles. The number of H-pyrrole nitrogens is 1. The van der Waals surface area contributed by atoms with Gasteiger partial charge in [-0.1, -0.05) is 24.3 Å². The van der Waals surface area contributed by atoms with Crippen LogP contribution in [0.15, 0.2) is 85.2 Å². The van der Waals surface area contributed by atoms with Gasteiger partial charge in [0.1, 0.15) is 11.6 Å². The molecule has 11 heteroatoms. The number of aromatic amines is 1. The van der Waals surface area contributed by atoms with Crippen LogP contribution in [-0.2, 0) is 23.8 Å². The summed E-state index contributed by atoms with van der Waals surface area (Å²) in [4.78, 5) is 32.9. The Morgan fingerprint density at radius 2 is 1.72 bits per heavy atom. The molecule has 0 aliphatic heterocycles. The first kappa shape index (κ1) is 29.4. The maximum atomic E-state index is 14.1. The van der Waals surface area contributed by atoms with Gasteiger partial charge >= 0.3 is 6.18 Å². The number of hydrogen-bond donors (Lipinski definition) is 3. The fraction of sp³-hybridized carbons (Fsp3) is 0.156. The summed E-state index contributed by atoms with van der Waals surface area (Å²) in [7, 11) is 1.51. The molecule has 43 heavy (non-hydrogen) atoms. The molecular weight excluding hydrogens is 567 g/mol. The second-order valence-electron chi connectivity index (χ2n) is 9.95. The summed E-state index contributed by atoms with van der Waals surface area (Å²) in [5.41, 5.74) is 2.16. The molecule has 6 nitrogen and oxygen atoms in total. The lowest BCUT2D eigenvalue weighted by atomic mass is 9.94. The van der Waals surface area contributed by atoms with Crippen LogP contribution in [0, 0.1) is 11.6 Å². The maximum Gasteiger partial charge on any atom is 0.416 e. The predicted octanol–water partition coefficient (Wildman–Crippen LogP) is 6.53. The molecule has 0 spiro atoms. The average molecular weight is 593 g/mol. The molecule has 3 aromatic carbocycles. The van der Waals surface area contributed by atoms with E-state index in [-0.39, 0.29) is 29.8 Å². The Morgan fingerprint density at radius 3 is 2.44 bits per heavy atom. The molecule has 220 valence electrons. The van der Waals surface area contributed by atoms with E-state index in [2.05, 4.69) is 20.6 Å². The monoisotopic (exact) mass is 592 g/mol. The number of nitrogens with one attached hydrogen (secondary N) is 3. The molecule has 0 radical (unpaired) electrons. The second-order valence-corrected chi connectivity index (χ2v) is 9.95. The standard InChI is InChI=1S/C32H25F5N4O2/c1-38-31(43)20-5-2-4-19(13-20)26-6-3-9-39-30(26)28(12-18-10-23(33)16-24(34)11-18)41-29(42)14-21-17-40-27-15-22(32(35,36)37)7-8-25(21)27/h2-11,13,15-17,28,40H,12,14H2,1H3,(H,38,43)(H,41,42)/t28-/m0/s1. The zero-order valence-corrected chi connectivity index (χ0v) is 22.7. The van der Waals surface area contributed by atoms with E-state index in [1.165, 1.54) is 25.5 Å². The Labute approximate surface area is 243 Å². The summed E-state index contributed by atoms with van der Waals surface area (Å²) in [6, 6.07) is 15.7. The molecule has 0 aliphatic rings. The van der Waals surface area contributed by atoms with Crippen LogP contribution in [0.2, 0.25) is 0 Å². The molecule has 0 aliphatic carbocycles. The highest BCUT2D eigenvalue weighted by Gasteiger charge is 2.31. The van der Waals surface area contributed by atoms with Gasteiger partial charge in [-0.2, -0.15) is 13.2 Å². The molecule has 2 amide bonds. The molecule has 2 heterocycles. The van der Waals surface area contributed by atoms with Crippen LogP contribution in [0.25, 0.3) is 22.0 Å². The quantitative estimate of drug-likeness (QED) is 0.179. The zero-order chi connectivity index (χ0) is 30.7. The number of pyridine rings is 1. The lowest BCUT2D eigenvalue weighted by molar-refractivity contribution is -0.137. The summed E-state index contributed by atoms with van der Waals surface area (Å²) >= 11 is 0. The number of aromatic nitrogens is 2. The summed E-state index contributed by atoms with van der Waals surface area (Å²) in [5, 5.41) is 5.92. The van der Waals surface area contributed by atoms with Gasteiger partial charge in [-0.05, 0) is 65.6 Å². The van der Waals surface area contributed by atoms with Gasteiger partial charge in [0.2, 0.25) is 5.91 Å². The number of rotatable bonds is 8. The van der Waals surface area contributed by atoms with Gasteiger partial charge in [-0.25, -0.2) is 8.78 Å². The first-order valence-electron chi connectivity index (χ1n) is 13.2. The minimum absolute atomic E-state index is 0.0254. The fourth-order valence-electron chi connectivity index (χ4n) is 5.02. The molecule has 1 atom stereocenters. The summed E-state index contributed by atoms with van der Waals surface area (Å²) in [5.74, 6) is -2.35. The van der Waals surface area contributed by atoms with E-state index in [1.54, 1.807) is 36.4 Å². The van der Waals surface area contributed by atoms with Gasteiger partial charge in [-0.3, -0.25) is 14.6 Å². The Kier molecular flexibility index (Phi) is 8.24. The topological polar surface area (TPSA) is 86.9 Å². The fourth-order valence-corrected chi connectivity index (χ4v) is 5.02. The number of benzene rings is 3. The van der Waals surface area contributed by atoms with Gasteiger partial charge in [0.15, 0.2) is 0 Å². The molecular formula is C32H25F5N4O2. The third-order valence-electron chi connectivity index (χ3n) is 6.97. The van der Waals surface area contributed by atoms with Crippen molar-refractivity contribution in [3.05, 3.63) is 125 Å². The van der Waals surface area contributed by atoms with Crippen molar-refractivity contribution in [2.75, 3.05) is 7.05 Å². The van der Waals surface area contributed by atoms with Gasteiger partial charge in [0, 0.05) is 47.5 Å². The third-order valence-corrected chi connectivity index (χ3v) is 6.97. The minimum atomic E-state index is -4.51. The van der Waals surface area contributed by atoms with Crippen molar-refractivity contribution in [2.45, 2.75) is 25.1 Å². The Morgan fingerprint density at radius 1 is 0.953 bits per heavy atom. The van der Waals surface area contributed by atoms with E-state index in [1.807, 2.05) is 0 Å². The van der Waals surface area contributed by atoms with Gasteiger partial charge in [0.05, 0.1) is 23.7 Å². The van der Waals surface area contributed by atoms with Crippen LogP contribution in [0.3, 0.4) is 0 Å². The van der Waals surface area contributed by atoms with E-state index in [0.29, 0.717) is 33.3 Å². The molecule has 5 rings (SSSR count). The predicted molar refractivity (Wildman–Crippen MR) is 151 cm³/mol. The molecule has 0 saturated heterocycles. The number of halogens is 5. The van der Waals surface area contributed by atoms with Crippen molar-refractivity contribution < 1.29 is 31.5 Å². The van der Waals surface area contributed by atoms with E-state index >= 15 is 0 Å². The van der Waals surface area contributed by atoms with Crippen molar-refractivity contribution in [1.82, 2.24) is 20.6 Å². The normalized spacial score (nSPS) is 12.2. The van der Waals surface area contributed by atoms with E-state index in [4.69, 9.17) is 0 Å².